The molecule has 1 aliphatic heterocycles. The minimum absolute atomic E-state index is 0. The Morgan fingerprint density at radius 1 is 1.53 bits per heavy atom. The molecule has 1 rings (SSSR count). The van der Waals surface area contributed by atoms with Crippen LogP contribution in [0.5, 0.6) is 0 Å². The van der Waals surface area contributed by atoms with Crippen LogP contribution >= 0.6 is 0 Å². The van der Waals surface area contributed by atoms with Crippen molar-refractivity contribution in [3.63, 3.8) is 0 Å². The molecule has 0 aliphatic carbocycles. The third kappa shape index (κ3) is 2.70. The van der Waals surface area contributed by atoms with E-state index in [4.69, 9.17) is 20.4 Å². The van der Waals surface area contributed by atoms with E-state index in [-0.39, 0.29) is 29.6 Å². The van der Waals surface area contributed by atoms with Crippen LogP contribution in [0.4, 0.5) is 0 Å². The molecule has 2 atom stereocenters. The maximum absolute atomic E-state index is 10.7. The molecule has 0 aromatic carbocycles. The first-order valence-corrected chi connectivity index (χ1v) is 3.65. The van der Waals surface area contributed by atoms with Crippen LogP contribution in [-0.2, 0) is 14.3 Å². The zero-order valence-electron chi connectivity index (χ0n) is 6.88. The van der Waals surface area contributed by atoms with Gasteiger partial charge in [0.2, 0.25) is 5.76 Å². The van der Waals surface area contributed by atoms with E-state index in [2.05, 4.69) is 4.74 Å². The van der Waals surface area contributed by atoms with Gasteiger partial charge < -0.3 is 25.2 Å². The van der Waals surface area contributed by atoms with Crippen molar-refractivity contribution in [3.05, 3.63) is 11.3 Å². The van der Waals surface area contributed by atoms with Gasteiger partial charge in [-0.15, -0.1) is 0 Å². The van der Waals surface area contributed by atoms with Gasteiger partial charge in [-0.25, -0.2) is 9.59 Å². The zero-order chi connectivity index (χ0) is 10.9. The van der Waals surface area contributed by atoms with Gasteiger partial charge in [0.15, 0.2) is 6.10 Å². The zero-order valence-corrected chi connectivity index (χ0v) is 6.88. The summed E-state index contributed by atoms with van der Waals surface area (Å²) in [6.45, 7) is -0.776. The third-order valence-electron chi connectivity index (χ3n) is 1.73. The van der Waals surface area contributed by atoms with Crippen LogP contribution in [0.3, 0.4) is 0 Å². The number of aliphatic hydroxyl groups is 3. The van der Waals surface area contributed by atoms with Gasteiger partial charge in [-0.1, -0.05) is 0 Å². The molecule has 8 heteroatoms. The van der Waals surface area contributed by atoms with E-state index in [0.29, 0.717) is 0 Å². The molecular formula is C7H9NaO7. The number of hydrogen-bond donors (Lipinski definition) is 4. The van der Waals surface area contributed by atoms with Crippen molar-refractivity contribution in [1.29, 1.82) is 0 Å². The average Bonchev–Trinajstić information content (AvgIpc) is 2.42. The first kappa shape index (κ1) is 14.4. The summed E-state index contributed by atoms with van der Waals surface area (Å²) in [6.07, 6.45) is -3.08. The topological polar surface area (TPSA) is 124 Å². The van der Waals surface area contributed by atoms with Crippen LogP contribution in [-0.4, -0.2) is 80.7 Å². The molecule has 1 unspecified atom stereocenters. The molecule has 0 aromatic heterocycles. The van der Waals surface area contributed by atoms with Gasteiger partial charge in [0.1, 0.15) is 11.7 Å². The number of cyclic esters (lactones) is 1. The number of aliphatic hydroxyl groups excluding tert-OH is 3. The Morgan fingerprint density at radius 2 is 2.07 bits per heavy atom. The van der Waals surface area contributed by atoms with Crippen molar-refractivity contribution in [3.8, 4) is 0 Å². The van der Waals surface area contributed by atoms with E-state index in [1.807, 2.05) is 0 Å². The summed E-state index contributed by atoms with van der Waals surface area (Å²) in [6, 6.07) is 0. The molecule has 7 nitrogen and oxygen atoms in total. The van der Waals surface area contributed by atoms with Crippen molar-refractivity contribution in [2.24, 2.45) is 0 Å². The number of carbonyl (C=O) groups excluding carboxylic acids is 1. The van der Waals surface area contributed by atoms with Crippen LogP contribution in [0.25, 0.3) is 0 Å². The van der Waals surface area contributed by atoms with Crippen molar-refractivity contribution in [1.82, 2.24) is 0 Å². The number of carboxylic acid groups (broad SMARTS) is 1. The Morgan fingerprint density at radius 3 is 2.47 bits per heavy atom. The second kappa shape index (κ2) is 5.47. The first-order chi connectivity index (χ1) is 6.49. The second-order valence-electron chi connectivity index (χ2n) is 2.64. The Hall–Kier alpha value is -0.600. The van der Waals surface area contributed by atoms with Crippen LogP contribution in [0.2, 0.25) is 0 Å². The fourth-order valence-corrected chi connectivity index (χ4v) is 1.06. The second-order valence-corrected chi connectivity index (χ2v) is 2.64. The normalized spacial score (nSPS) is 22.0. The number of carboxylic acids is 1. The molecular weight excluding hydrogens is 219 g/mol. The first-order valence-electron chi connectivity index (χ1n) is 3.65. The Bertz CT molecular complexity index is 310. The van der Waals surface area contributed by atoms with E-state index >= 15 is 0 Å². The van der Waals surface area contributed by atoms with E-state index in [0.717, 1.165) is 0 Å². The van der Waals surface area contributed by atoms with Crippen LogP contribution in [0.15, 0.2) is 11.3 Å². The standard InChI is InChI=1S/C7H8O7.Na.H/c8-1-2(9)5-3(6(11)12)4(10)7(13)14-5;;/h2,5,8-10H,1H2,(H,11,12);;/t2?,5-;;/m0../s1. The molecule has 1 aliphatic rings. The summed E-state index contributed by atoms with van der Waals surface area (Å²) < 4.78 is 4.35. The summed E-state index contributed by atoms with van der Waals surface area (Å²) in [5.74, 6) is -3.85. The number of esters is 1. The summed E-state index contributed by atoms with van der Waals surface area (Å²) >= 11 is 0. The summed E-state index contributed by atoms with van der Waals surface area (Å²) in [5, 5.41) is 35.2. The van der Waals surface area contributed by atoms with Crippen molar-refractivity contribution in [2.75, 3.05) is 6.61 Å². The Balaban J connectivity index is 0.00000196. The third-order valence-corrected chi connectivity index (χ3v) is 1.73. The summed E-state index contributed by atoms with van der Waals surface area (Å²) in [4.78, 5) is 21.3. The molecule has 1 heterocycles. The molecule has 0 aromatic rings. The summed E-state index contributed by atoms with van der Waals surface area (Å²) in [5.41, 5.74) is -0.739. The number of ether oxygens (including phenoxy) is 1. The Kier molecular flexibility index (Phi) is 5.26. The summed E-state index contributed by atoms with van der Waals surface area (Å²) in [7, 11) is 0. The van der Waals surface area contributed by atoms with Gasteiger partial charge in [-0.2, -0.15) is 0 Å². The van der Waals surface area contributed by atoms with Gasteiger partial charge >= 0.3 is 41.5 Å². The Labute approximate surface area is 106 Å². The van der Waals surface area contributed by atoms with E-state index in [1.165, 1.54) is 0 Å². The van der Waals surface area contributed by atoms with Gasteiger partial charge in [-0.05, 0) is 0 Å². The average molecular weight is 228 g/mol. The van der Waals surface area contributed by atoms with E-state index in [1.54, 1.807) is 0 Å². The minimum atomic E-state index is -1.58. The quantitative estimate of drug-likeness (QED) is 0.311. The van der Waals surface area contributed by atoms with Gasteiger partial charge in [0.05, 0.1) is 6.61 Å². The SMILES string of the molecule is O=C(O)C1=C(O)C(=O)O[C@H]1C(O)CO.[NaH]. The molecule has 4 N–H and O–H groups in total. The molecule has 80 valence electrons. The molecule has 0 saturated carbocycles. The number of carbonyl (C=O) groups is 2. The van der Waals surface area contributed by atoms with Crippen molar-refractivity contribution < 1.29 is 34.8 Å². The van der Waals surface area contributed by atoms with Crippen LogP contribution in [0, 0.1) is 0 Å². The van der Waals surface area contributed by atoms with Crippen LogP contribution in [0.1, 0.15) is 0 Å². The fraction of sp³-hybridized carbons (Fsp3) is 0.429. The maximum atomic E-state index is 10.7. The van der Waals surface area contributed by atoms with Gasteiger partial charge in [-0.3, -0.25) is 0 Å². The molecule has 0 bridgehead atoms. The van der Waals surface area contributed by atoms with Gasteiger partial charge in [0, 0.05) is 0 Å². The van der Waals surface area contributed by atoms with E-state index < -0.39 is 42.1 Å². The number of rotatable bonds is 3. The fourth-order valence-electron chi connectivity index (χ4n) is 1.06. The monoisotopic (exact) mass is 228 g/mol. The molecule has 15 heavy (non-hydrogen) atoms. The van der Waals surface area contributed by atoms with Crippen LogP contribution < -0.4 is 0 Å². The van der Waals surface area contributed by atoms with E-state index in [9.17, 15) is 9.59 Å². The predicted octanol–water partition coefficient (Wildman–Crippen LogP) is -2.49. The molecule has 0 saturated heterocycles. The van der Waals surface area contributed by atoms with Crippen molar-refractivity contribution in [2.45, 2.75) is 12.2 Å². The van der Waals surface area contributed by atoms with Crippen molar-refractivity contribution >= 4 is 41.5 Å². The predicted molar refractivity (Wildman–Crippen MR) is 47.4 cm³/mol. The number of aliphatic carboxylic acids is 1. The molecule has 0 amide bonds. The van der Waals surface area contributed by atoms with Gasteiger partial charge in [0.25, 0.3) is 0 Å². The molecule has 0 radical (unpaired) electrons. The molecule has 0 fully saturated rings. The molecule has 0 spiro atoms. The number of hydrogen-bond acceptors (Lipinski definition) is 6.